The van der Waals surface area contributed by atoms with Crippen molar-refractivity contribution < 1.29 is 9.90 Å². The summed E-state index contributed by atoms with van der Waals surface area (Å²) in [6.45, 7) is 7.06. The topological polar surface area (TPSA) is 52.6 Å². The maximum absolute atomic E-state index is 11.0. The van der Waals surface area contributed by atoms with Crippen molar-refractivity contribution in [1.29, 1.82) is 0 Å². The third-order valence-corrected chi connectivity index (χ3v) is 2.94. The molecule has 1 aliphatic rings. The van der Waals surface area contributed by atoms with Gasteiger partial charge in [0.15, 0.2) is 0 Å². The lowest BCUT2D eigenvalue weighted by Gasteiger charge is -2.21. The number of rotatable bonds is 8. The highest BCUT2D eigenvalue weighted by atomic mass is 16.4. The van der Waals surface area contributed by atoms with Gasteiger partial charge in [0.25, 0.3) is 0 Å². The molecule has 4 nitrogen and oxygen atoms in total. The normalized spacial score (nSPS) is 18.1. The largest absolute Gasteiger partial charge is 0.480 e. The third-order valence-electron chi connectivity index (χ3n) is 2.94. The summed E-state index contributed by atoms with van der Waals surface area (Å²) in [5.41, 5.74) is 0. The minimum Gasteiger partial charge on any atom is -0.480 e. The van der Waals surface area contributed by atoms with Crippen LogP contribution in [0.2, 0.25) is 0 Å². The van der Waals surface area contributed by atoms with Gasteiger partial charge in [0.1, 0.15) is 6.04 Å². The monoisotopic (exact) mass is 214 g/mol. The molecule has 4 heteroatoms. The molecule has 0 saturated heterocycles. The lowest BCUT2D eigenvalue weighted by molar-refractivity contribution is -0.139. The number of nitrogens with one attached hydrogen (secondary N) is 1. The van der Waals surface area contributed by atoms with E-state index < -0.39 is 5.97 Å². The molecule has 0 aromatic rings. The smallest absolute Gasteiger partial charge is 0.320 e. The molecule has 0 aromatic carbocycles. The molecule has 1 aliphatic carbocycles. The molecule has 1 rings (SSSR count). The minimum absolute atomic E-state index is 0.363. The van der Waals surface area contributed by atoms with Crippen molar-refractivity contribution in [2.75, 3.05) is 19.6 Å². The lowest BCUT2D eigenvalue weighted by atomic mass is 10.2. The minimum atomic E-state index is -0.714. The average Bonchev–Trinajstić information content (AvgIpc) is 3.01. The molecule has 88 valence electrons. The fourth-order valence-electron chi connectivity index (χ4n) is 1.66. The molecule has 0 aliphatic heterocycles. The number of carboxylic acid groups (broad SMARTS) is 1. The van der Waals surface area contributed by atoms with Crippen molar-refractivity contribution in [1.82, 2.24) is 10.2 Å². The van der Waals surface area contributed by atoms with Gasteiger partial charge in [-0.2, -0.15) is 0 Å². The Bertz CT molecular complexity index is 201. The van der Waals surface area contributed by atoms with Gasteiger partial charge in [-0.05, 0) is 32.4 Å². The van der Waals surface area contributed by atoms with Gasteiger partial charge < -0.3 is 15.3 Å². The quantitative estimate of drug-likeness (QED) is 0.631. The van der Waals surface area contributed by atoms with Crippen LogP contribution in [0.1, 0.15) is 33.1 Å². The molecule has 1 unspecified atom stereocenters. The predicted molar refractivity (Wildman–Crippen MR) is 60.0 cm³/mol. The maximum atomic E-state index is 11.0. The molecule has 15 heavy (non-hydrogen) atoms. The Morgan fingerprint density at radius 1 is 1.47 bits per heavy atom. The Morgan fingerprint density at radius 2 is 2.07 bits per heavy atom. The Hall–Kier alpha value is -0.610. The molecule has 0 radical (unpaired) electrons. The first-order chi connectivity index (χ1) is 7.17. The second-order valence-electron chi connectivity index (χ2n) is 4.15. The van der Waals surface area contributed by atoms with Crippen LogP contribution < -0.4 is 5.32 Å². The van der Waals surface area contributed by atoms with Crippen LogP contribution in [0.5, 0.6) is 0 Å². The van der Waals surface area contributed by atoms with Crippen molar-refractivity contribution in [3.05, 3.63) is 0 Å². The van der Waals surface area contributed by atoms with E-state index in [1.54, 1.807) is 0 Å². The van der Waals surface area contributed by atoms with Crippen LogP contribution in [0, 0.1) is 0 Å². The zero-order chi connectivity index (χ0) is 11.3. The van der Waals surface area contributed by atoms with E-state index in [4.69, 9.17) is 5.11 Å². The summed E-state index contributed by atoms with van der Waals surface area (Å²) in [5.74, 6) is -0.714. The standard InChI is InChI=1S/C11H22N2O2/c1-3-13(4-2)8-7-10(11(14)15)12-9-5-6-9/h9-10,12H,3-8H2,1-2H3,(H,14,15). The van der Waals surface area contributed by atoms with Crippen LogP contribution in [-0.2, 0) is 4.79 Å². The number of carboxylic acids is 1. The fraction of sp³-hybridized carbons (Fsp3) is 0.909. The van der Waals surface area contributed by atoms with Crippen LogP contribution in [-0.4, -0.2) is 47.7 Å². The summed E-state index contributed by atoms with van der Waals surface area (Å²) in [4.78, 5) is 13.2. The SMILES string of the molecule is CCN(CC)CCC(NC1CC1)C(=O)O. The van der Waals surface area contributed by atoms with Gasteiger partial charge in [-0.25, -0.2) is 0 Å². The highest BCUT2D eigenvalue weighted by molar-refractivity contribution is 5.73. The summed E-state index contributed by atoms with van der Waals surface area (Å²) in [6.07, 6.45) is 2.97. The highest BCUT2D eigenvalue weighted by Crippen LogP contribution is 2.20. The van der Waals surface area contributed by atoms with Crippen LogP contribution in [0.3, 0.4) is 0 Å². The van der Waals surface area contributed by atoms with Gasteiger partial charge in [-0.3, -0.25) is 4.79 Å². The Labute approximate surface area is 91.6 Å². The van der Waals surface area contributed by atoms with Crippen molar-refractivity contribution in [2.24, 2.45) is 0 Å². The Balaban J connectivity index is 2.26. The first kappa shape index (κ1) is 12.5. The molecule has 0 amide bonds. The summed E-state index contributed by atoms with van der Waals surface area (Å²) in [6, 6.07) is 0.0981. The van der Waals surface area contributed by atoms with Gasteiger partial charge in [0.05, 0.1) is 0 Å². The molecule has 0 aromatic heterocycles. The molecular formula is C11H22N2O2. The first-order valence-corrected chi connectivity index (χ1v) is 5.88. The van der Waals surface area contributed by atoms with E-state index in [0.717, 1.165) is 32.5 Å². The van der Waals surface area contributed by atoms with Gasteiger partial charge in [0.2, 0.25) is 0 Å². The van der Waals surface area contributed by atoms with Crippen LogP contribution in [0.4, 0.5) is 0 Å². The molecule has 0 bridgehead atoms. The summed E-state index contributed by atoms with van der Waals surface area (Å²) in [5, 5.41) is 12.2. The number of hydrogen-bond acceptors (Lipinski definition) is 3. The summed E-state index contributed by atoms with van der Waals surface area (Å²) >= 11 is 0. The van der Waals surface area contributed by atoms with Crippen molar-refractivity contribution >= 4 is 5.97 Å². The molecule has 2 N–H and O–H groups in total. The number of hydrogen-bond donors (Lipinski definition) is 2. The number of aliphatic carboxylic acids is 1. The van der Waals surface area contributed by atoms with Gasteiger partial charge in [0, 0.05) is 12.6 Å². The predicted octanol–water partition coefficient (Wildman–Crippen LogP) is 0.923. The van der Waals surface area contributed by atoms with Crippen molar-refractivity contribution in [3.63, 3.8) is 0 Å². The van der Waals surface area contributed by atoms with E-state index in [-0.39, 0.29) is 6.04 Å². The molecule has 1 saturated carbocycles. The van der Waals surface area contributed by atoms with E-state index in [0.29, 0.717) is 12.5 Å². The van der Waals surface area contributed by atoms with Gasteiger partial charge in [-0.15, -0.1) is 0 Å². The van der Waals surface area contributed by atoms with Crippen LogP contribution >= 0.6 is 0 Å². The van der Waals surface area contributed by atoms with Crippen molar-refractivity contribution in [2.45, 2.75) is 45.2 Å². The fourth-order valence-corrected chi connectivity index (χ4v) is 1.66. The molecular weight excluding hydrogens is 192 g/mol. The van der Waals surface area contributed by atoms with Crippen LogP contribution in [0.15, 0.2) is 0 Å². The lowest BCUT2D eigenvalue weighted by Crippen LogP contribution is -2.41. The highest BCUT2D eigenvalue weighted by Gasteiger charge is 2.28. The van der Waals surface area contributed by atoms with E-state index >= 15 is 0 Å². The number of carbonyl (C=O) groups is 1. The Kier molecular flexibility index (Phi) is 5.05. The average molecular weight is 214 g/mol. The zero-order valence-electron chi connectivity index (χ0n) is 9.70. The summed E-state index contributed by atoms with van der Waals surface area (Å²) < 4.78 is 0. The molecule has 1 fully saturated rings. The van der Waals surface area contributed by atoms with Gasteiger partial charge >= 0.3 is 5.97 Å². The van der Waals surface area contributed by atoms with E-state index in [1.807, 2.05) is 0 Å². The second-order valence-corrected chi connectivity index (χ2v) is 4.15. The number of nitrogens with zero attached hydrogens (tertiary/aromatic N) is 1. The van der Waals surface area contributed by atoms with E-state index in [1.165, 1.54) is 0 Å². The van der Waals surface area contributed by atoms with Crippen LogP contribution in [0.25, 0.3) is 0 Å². The van der Waals surface area contributed by atoms with E-state index in [2.05, 4.69) is 24.1 Å². The summed E-state index contributed by atoms with van der Waals surface area (Å²) in [7, 11) is 0. The Morgan fingerprint density at radius 3 is 2.47 bits per heavy atom. The molecule has 0 heterocycles. The first-order valence-electron chi connectivity index (χ1n) is 5.88. The maximum Gasteiger partial charge on any atom is 0.320 e. The zero-order valence-corrected chi connectivity index (χ0v) is 9.70. The molecule has 1 atom stereocenters. The van der Waals surface area contributed by atoms with Gasteiger partial charge in [-0.1, -0.05) is 13.8 Å². The third kappa shape index (κ3) is 4.62. The van der Waals surface area contributed by atoms with Crippen molar-refractivity contribution in [3.8, 4) is 0 Å². The van der Waals surface area contributed by atoms with E-state index in [9.17, 15) is 4.79 Å². The second kappa shape index (κ2) is 6.08. The molecule has 0 spiro atoms.